The number of carbonyl (C=O) groups excluding carboxylic acids is 1. The van der Waals surface area contributed by atoms with E-state index >= 15 is 0 Å². The van der Waals surface area contributed by atoms with Gasteiger partial charge in [0.1, 0.15) is 0 Å². The highest BCUT2D eigenvalue weighted by atomic mass is 16.5. The molecule has 0 aromatic carbocycles. The number of hydrazine groups is 1. The Morgan fingerprint density at radius 1 is 1.50 bits per heavy atom. The lowest BCUT2D eigenvalue weighted by atomic mass is 9.98. The third kappa shape index (κ3) is 2.19. The normalized spacial score (nSPS) is 20.8. The Labute approximate surface area is 72.8 Å². The van der Waals surface area contributed by atoms with E-state index in [-0.39, 0.29) is 11.9 Å². The van der Waals surface area contributed by atoms with E-state index in [1.54, 1.807) is 0 Å². The molecule has 1 N–H and O–H groups in total. The number of rotatable bonds is 2. The maximum absolute atomic E-state index is 11.1. The van der Waals surface area contributed by atoms with Crippen LogP contribution < -0.4 is 5.43 Å². The largest absolute Gasteiger partial charge is 0.469 e. The van der Waals surface area contributed by atoms with E-state index in [0.29, 0.717) is 0 Å². The SMILES string of the molecule is CNN1CCC(C(=O)OC)CC1. The summed E-state index contributed by atoms with van der Waals surface area (Å²) < 4.78 is 4.68. The fraction of sp³-hybridized carbons (Fsp3) is 0.875. The zero-order valence-electron chi connectivity index (χ0n) is 7.67. The Kier molecular flexibility index (Phi) is 3.49. The van der Waals surface area contributed by atoms with Crippen molar-refractivity contribution in [2.45, 2.75) is 12.8 Å². The second-order valence-corrected chi connectivity index (χ2v) is 3.01. The smallest absolute Gasteiger partial charge is 0.308 e. The van der Waals surface area contributed by atoms with Gasteiger partial charge in [-0.1, -0.05) is 0 Å². The lowest BCUT2D eigenvalue weighted by molar-refractivity contribution is -0.147. The van der Waals surface area contributed by atoms with Crippen LogP contribution >= 0.6 is 0 Å². The van der Waals surface area contributed by atoms with Gasteiger partial charge < -0.3 is 4.74 Å². The maximum atomic E-state index is 11.1. The van der Waals surface area contributed by atoms with Crippen molar-refractivity contribution in [1.29, 1.82) is 0 Å². The minimum atomic E-state index is -0.0641. The number of nitrogens with zero attached hydrogens (tertiary/aromatic N) is 1. The maximum Gasteiger partial charge on any atom is 0.308 e. The molecule has 1 fully saturated rings. The minimum Gasteiger partial charge on any atom is -0.469 e. The molecule has 0 spiro atoms. The van der Waals surface area contributed by atoms with Crippen LogP contribution in [0, 0.1) is 5.92 Å². The minimum absolute atomic E-state index is 0.0641. The highest BCUT2D eigenvalue weighted by molar-refractivity contribution is 5.72. The van der Waals surface area contributed by atoms with Crippen molar-refractivity contribution in [2.24, 2.45) is 5.92 Å². The van der Waals surface area contributed by atoms with Crippen molar-refractivity contribution in [2.75, 3.05) is 27.2 Å². The Balaban J connectivity index is 2.30. The van der Waals surface area contributed by atoms with Gasteiger partial charge in [-0.05, 0) is 19.9 Å². The first-order chi connectivity index (χ1) is 5.77. The van der Waals surface area contributed by atoms with Crippen molar-refractivity contribution < 1.29 is 9.53 Å². The molecule has 0 atom stereocenters. The fourth-order valence-corrected chi connectivity index (χ4v) is 1.51. The second kappa shape index (κ2) is 4.42. The molecule has 70 valence electrons. The molecule has 0 aromatic heterocycles. The van der Waals surface area contributed by atoms with Crippen molar-refractivity contribution in [3.63, 3.8) is 0 Å². The van der Waals surface area contributed by atoms with Crippen LogP contribution in [-0.4, -0.2) is 38.2 Å². The second-order valence-electron chi connectivity index (χ2n) is 3.01. The zero-order chi connectivity index (χ0) is 8.97. The molecular weight excluding hydrogens is 156 g/mol. The number of nitrogens with one attached hydrogen (secondary N) is 1. The molecular formula is C8H16N2O2. The molecule has 4 nitrogen and oxygen atoms in total. The predicted molar refractivity (Wildman–Crippen MR) is 45.4 cm³/mol. The van der Waals surface area contributed by atoms with Crippen LogP contribution in [0.3, 0.4) is 0 Å². The lowest BCUT2D eigenvalue weighted by Gasteiger charge is -2.29. The molecule has 0 saturated carbocycles. The number of piperidine rings is 1. The Morgan fingerprint density at radius 3 is 2.50 bits per heavy atom. The third-order valence-corrected chi connectivity index (χ3v) is 2.35. The van der Waals surface area contributed by atoms with Crippen LogP contribution in [0.2, 0.25) is 0 Å². The Hall–Kier alpha value is -0.610. The average Bonchev–Trinajstić information content (AvgIpc) is 2.17. The summed E-state index contributed by atoms with van der Waals surface area (Å²) in [5, 5.41) is 2.11. The molecule has 12 heavy (non-hydrogen) atoms. The monoisotopic (exact) mass is 172 g/mol. The molecule has 1 heterocycles. The van der Waals surface area contributed by atoms with E-state index in [1.807, 2.05) is 7.05 Å². The van der Waals surface area contributed by atoms with Gasteiger partial charge in [-0.15, -0.1) is 0 Å². The fourth-order valence-electron chi connectivity index (χ4n) is 1.51. The van der Waals surface area contributed by atoms with Gasteiger partial charge in [-0.25, -0.2) is 5.01 Å². The molecule has 0 bridgehead atoms. The van der Waals surface area contributed by atoms with Gasteiger partial charge in [0.05, 0.1) is 13.0 Å². The Bertz CT molecular complexity index is 153. The first-order valence-corrected chi connectivity index (χ1v) is 4.28. The number of esters is 1. The third-order valence-electron chi connectivity index (χ3n) is 2.35. The topological polar surface area (TPSA) is 41.6 Å². The average molecular weight is 172 g/mol. The van der Waals surface area contributed by atoms with Crippen LogP contribution in [0.15, 0.2) is 0 Å². The van der Waals surface area contributed by atoms with Crippen molar-refractivity contribution in [1.82, 2.24) is 10.4 Å². The Morgan fingerprint density at radius 2 is 2.08 bits per heavy atom. The van der Waals surface area contributed by atoms with Gasteiger partial charge in [0, 0.05) is 13.1 Å². The van der Waals surface area contributed by atoms with Crippen LogP contribution in [0.4, 0.5) is 0 Å². The number of hydrogen-bond acceptors (Lipinski definition) is 4. The summed E-state index contributed by atoms with van der Waals surface area (Å²) in [7, 11) is 3.35. The van der Waals surface area contributed by atoms with Crippen molar-refractivity contribution in [3.8, 4) is 0 Å². The van der Waals surface area contributed by atoms with E-state index in [1.165, 1.54) is 7.11 Å². The molecule has 1 aliphatic rings. The van der Waals surface area contributed by atoms with Gasteiger partial charge >= 0.3 is 5.97 Å². The van der Waals surface area contributed by atoms with Gasteiger partial charge in [0.25, 0.3) is 0 Å². The van der Waals surface area contributed by atoms with Crippen molar-refractivity contribution >= 4 is 5.97 Å². The summed E-state index contributed by atoms with van der Waals surface area (Å²) in [5.41, 5.74) is 3.06. The number of ether oxygens (including phenoxy) is 1. The summed E-state index contributed by atoms with van der Waals surface area (Å²) in [5.74, 6) is 0.0466. The van der Waals surface area contributed by atoms with Crippen molar-refractivity contribution in [3.05, 3.63) is 0 Å². The van der Waals surface area contributed by atoms with Gasteiger partial charge in [0.2, 0.25) is 0 Å². The molecule has 0 unspecified atom stereocenters. The molecule has 1 saturated heterocycles. The molecule has 0 aromatic rings. The zero-order valence-corrected chi connectivity index (χ0v) is 7.67. The van der Waals surface area contributed by atoms with E-state index in [2.05, 4.69) is 15.2 Å². The summed E-state index contributed by atoms with van der Waals surface area (Å²) in [4.78, 5) is 11.1. The van der Waals surface area contributed by atoms with E-state index < -0.39 is 0 Å². The van der Waals surface area contributed by atoms with E-state index in [4.69, 9.17) is 0 Å². The summed E-state index contributed by atoms with van der Waals surface area (Å²) in [6, 6.07) is 0. The quantitative estimate of drug-likeness (QED) is 0.596. The molecule has 0 aliphatic carbocycles. The number of carbonyl (C=O) groups is 1. The lowest BCUT2D eigenvalue weighted by Crippen LogP contribution is -2.43. The van der Waals surface area contributed by atoms with Gasteiger partial charge in [0.15, 0.2) is 0 Å². The molecule has 1 rings (SSSR count). The van der Waals surface area contributed by atoms with Crippen LogP contribution in [0.25, 0.3) is 0 Å². The first kappa shape index (κ1) is 9.48. The summed E-state index contributed by atoms with van der Waals surface area (Å²) in [6.07, 6.45) is 1.79. The number of methoxy groups -OCH3 is 1. The van der Waals surface area contributed by atoms with Gasteiger partial charge in [-0.2, -0.15) is 0 Å². The molecule has 0 amide bonds. The van der Waals surface area contributed by atoms with E-state index in [0.717, 1.165) is 25.9 Å². The summed E-state index contributed by atoms with van der Waals surface area (Å²) in [6.45, 7) is 1.85. The highest BCUT2D eigenvalue weighted by Crippen LogP contribution is 2.16. The van der Waals surface area contributed by atoms with Crippen LogP contribution in [0.5, 0.6) is 0 Å². The van der Waals surface area contributed by atoms with Gasteiger partial charge in [-0.3, -0.25) is 10.2 Å². The molecule has 4 heteroatoms. The highest BCUT2D eigenvalue weighted by Gasteiger charge is 2.24. The molecule has 0 radical (unpaired) electrons. The number of hydrogen-bond donors (Lipinski definition) is 1. The summed E-state index contributed by atoms with van der Waals surface area (Å²) >= 11 is 0. The predicted octanol–water partition coefficient (Wildman–Crippen LogP) is 0.00580. The standard InChI is InChI=1S/C8H16N2O2/c1-9-10-5-3-7(4-6-10)8(11)12-2/h7,9H,3-6H2,1-2H3. The van der Waals surface area contributed by atoms with Crippen LogP contribution in [-0.2, 0) is 9.53 Å². The molecule has 1 aliphatic heterocycles. The van der Waals surface area contributed by atoms with E-state index in [9.17, 15) is 4.79 Å². The van der Waals surface area contributed by atoms with Crippen LogP contribution in [0.1, 0.15) is 12.8 Å². The first-order valence-electron chi connectivity index (χ1n) is 4.28.